The lowest BCUT2D eigenvalue weighted by Gasteiger charge is -2.15. The lowest BCUT2D eigenvalue weighted by molar-refractivity contribution is -0.119. The molecular weight excluding hydrogens is 268 g/mol. The van der Waals surface area contributed by atoms with Crippen molar-refractivity contribution in [2.45, 2.75) is 25.8 Å². The minimum atomic E-state index is -0.0409. The zero-order chi connectivity index (χ0) is 14.7. The molecule has 21 heavy (non-hydrogen) atoms. The molecule has 0 radical (unpaired) electrons. The van der Waals surface area contributed by atoms with Gasteiger partial charge in [0.05, 0.1) is 24.6 Å². The van der Waals surface area contributed by atoms with Gasteiger partial charge in [-0.1, -0.05) is 0 Å². The molecule has 0 aliphatic carbocycles. The number of H-pyrrole nitrogens is 1. The molecule has 7 heteroatoms. The summed E-state index contributed by atoms with van der Waals surface area (Å²) in [6.45, 7) is 3.83. The van der Waals surface area contributed by atoms with Gasteiger partial charge in [-0.2, -0.15) is 0 Å². The van der Waals surface area contributed by atoms with Gasteiger partial charge < -0.3 is 15.2 Å². The first-order chi connectivity index (χ1) is 10.2. The van der Waals surface area contributed by atoms with Crippen molar-refractivity contribution in [3.8, 4) is 0 Å². The van der Waals surface area contributed by atoms with E-state index in [0.717, 1.165) is 36.8 Å². The van der Waals surface area contributed by atoms with Crippen molar-refractivity contribution in [3.05, 3.63) is 36.3 Å². The first-order valence-corrected chi connectivity index (χ1v) is 7.01. The van der Waals surface area contributed by atoms with Gasteiger partial charge in [-0.3, -0.25) is 9.78 Å². The molecule has 1 atom stereocenters. The molecule has 1 fully saturated rings. The molecule has 1 aliphatic heterocycles. The number of imidazole rings is 1. The molecule has 110 valence electrons. The van der Waals surface area contributed by atoms with E-state index in [1.54, 1.807) is 24.8 Å². The summed E-state index contributed by atoms with van der Waals surface area (Å²) in [4.78, 5) is 29.3. The summed E-state index contributed by atoms with van der Waals surface area (Å²) >= 11 is 0. The quantitative estimate of drug-likeness (QED) is 0.869. The van der Waals surface area contributed by atoms with Crippen molar-refractivity contribution < 1.29 is 4.79 Å². The number of nitrogens with one attached hydrogen (secondary N) is 2. The van der Waals surface area contributed by atoms with Crippen LogP contribution in [0.4, 0.5) is 5.82 Å². The van der Waals surface area contributed by atoms with Crippen LogP contribution in [0, 0.1) is 0 Å². The normalized spacial score (nSPS) is 18.0. The molecule has 2 aromatic heterocycles. The minimum Gasteiger partial charge on any atom is -0.355 e. The second kappa shape index (κ2) is 5.90. The fourth-order valence-electron chi connectivity index (χ4n) is 2.54. The Bertz CT molecular complexity index is 611. The number of hydrogen-bond acceptors (Lipinski definition) is 5. The van der Waals surface area contributed by atoms with Gasteiger partial charge in [-0.15, -0.1) is 0 Å². The van der Waals surface area contributed by atoms with E-state index in [0.29, 0.717) is 12.5 Å². The molecular formula is C14H18N6O. The highest BCUT2D eigenvalue weighted by atomic mass is 16.1. The average Bonchev–Trinajstić information content (AvgIpc) is 3.15. The van der Waals surface area contributed by atoms with Gasteiger partial charge in [0.1, 0.15) is 11.6 Å². The van der Waals surface area contributed by atoms with Crippen molar-refractivity contribution in [1.82, 2.24) is 25.3 Å². The van der Waals surface area contributed by atoms with E-state index in [2.05, 4.69) is 30.2 Å². The van der Waals surface area contributed by atoms with Crippen molar-refractivity contribution in [2.75, 3.05) is 18.0 Å². The van der Waals surface area contributed by atoms with E-state index >= 15 is 0 Å². The number of nitrogens with zero attached hydrogens (tertiary/aromatic N) is 4. The third-order valence-electron chi connectivity index (χ3n) is 3.62. The van der Waals surface area contributed by atoms with Gasteiger partial charge in [0.25, 0.3) is 0 Å². The first-order valence-electron chi connectivity index (χ1n) is 7.01. The number of rotatable bonds is 4. The zero-order valence-electron chi connectivity index (χ0n) is 11.9. The van der Waals surface area contributed by atoms with E-state index in [1.165, 1.54) is 6.92 Å². The van der Waals surface area contributed by atoms with Crippen LogP contribution in [0.1, 0.15) is 30.8 Å². The molecule has 1 amide bonds. The maximum Gasteiger partial charge on any atom is 0.217 e. The third-order valence-corrected chi connectivity index (χ3v) is 3.62. The van der Waals surface area contributed by atoms with E-state index < -0.39 is 0 Å². The Morgan fingerprint density at radius 3 is 3.10 bits per heavy atom. The number of anilines is 1. The summed E-state index contributed by atoms with van der Waals surface area (Å²) in [7, 11) is 0. The van der Waals surface area contributed by atoms with Gasteiger partial charge in [0.15, 0.2) is 0 Å². The summed E-state index contributed by atoms with van der Waals surface area (Å²) in [5, 5.41) is 2.76. The highest BCUT2D eigenvalue weighted by Gasteiger charge is 2.26. The monoisotopic (exact) mass is 286 g/mol. The van der Waals surface area contributed by atoms with Gasteiger partial charge in [-0.25, -0.2) is 9.97 Å². The van der Waals surface area contributed by atoms with Crippen LogP contribution in [0.25, 0.3) is 0 Å². The van der Waals surface area contributed by atoms with Crippen LogP contribution in [-0.2, 0) is 11.3 Å². The second-order valence-electron chi connectivity index (χ2n) is 5.20. The highest BCUT2D eigenvalue weighted by Crippen LogP contribution is 2.27. The predicted molar refractivity (Wildman–Crippen MR) is 77.7 cm³/mol. The molecule has 0 unspecified atom stereocenters. The van der Waals surface area contributed by atoms with Crippen molar-refractivity contribution in [3.63, 3.8) is 0 Å². The number of hydrogen-bond donors (Lipinski definition) is 2. The molecule has 2 N–H and O–H groups in total. The molecule has 3 heterocycles. The number of aromatic amines is 1. The Morgan fingerprint density at radius 1 is 1.43 bits per heavy atom. The second-order valence-corrected chi connectivity index (χ2v) is 5.20. The van der Waals surface area contributed by atoms with Crippen LogP contribution in [0.15, 0.2) is 24.8 Å². The Balaban J connectivity index is 1.62. The molecule has 7 nitrogen and oxygen atoms in total. The van der Waals surface area contributed by atoms with Crippen molar-refractivity contribution in [2.24, 2.45) is 0 Å². The Morgan fingerprint density at radius 2 is 2.33 bits per heavy atom. The molecule has 0 saturated carbocycles. The van der Waals surface area contributed by atoms with E-state index in [9.17, 15) is 4.79 Å². The Labute approximate surface area is 122 Å². The highest BCUT2D eigenvalue weighted by molar-refractivity contribution is 5.72. The fraction of sp³-hybridized carbons (Fsp3) is 0.429. The van der Waals surface area contributed by atoms with E-state index in [4.69, 9.17) is 0 Å². The van der Waals surface area contributed by atoms with Crippen LogP contribution < -0.4 is 10.2 Å². The largest absolute Gasteiger partial charge is 0.355 e. The van der Waals surface area contributed by atoms with Crippen LogP contribution in [0.5, 0.6) is 0 Å². The van der Waals surface area contributed by atoms with Crippen LogP contribution in [0.2, 0.25) is 0 Å². The molecule has 1 saturated heterocycles. The Hall–Kier alpha value is -2.44. The lowest BCUT2D eigenvalue weighted by Crippen LogP contribution is -2.20. The lowest BCUT2D eigenvalue weighted by atomic mass is 10.1. The molecule has 0 bridgehead atoms. The summed E-state index contributed by atoms with van der Waals surface area (Å²) in [6.07, 6.45) is 7.99. The number of carbonyl (C=O) groups is 1. The first kappa shape index (κ1) is 13.5. The van der Waals surface area contributed by atoms with Gasteiger partial charge in [-0.05, 0) is 6.42 Å². The maximum absolute atomic E-state index is 10.9. The molecule has 1 aliphatic rings. The smallest absolute Gasteiger partial charge is 0.217 e. The summed E-state index contributed by atoms with van der Waals surface area (Å²) < 4.78 is 0. The summed E-state index contributed by atoms with van der Waals surface area (Å²) in [6, 6.07) is 0. The standard InChI is InChI=1S/C14H18N6O/c1-10(21)17-6-12-7-18-14(19-12)11-2-5-20(9-11)13-8-15-3-4-16-13/h3-4,7-8,11H,2,5-6,9H2,1H3,(H,17,21)(H,18,19)/t11-/m0/s1. The Kier molecular flexibility index (Phi) is 3.81. The number of aromatic nitrogens is 4. The van der Waals surface area contributed by atoms with Crippen LogP contribution in [-0.4, -0.2) is 38.9 Å². The average molecular weight is 286 g/mol. The number of carbonyl (C=O) groups excluding carboxylic acids is 1. The predicted octanol–water partition coefficient (Wildman–Crippen LogP) is 0.830. The number of amides is 1. The molecule has 0 spiro atoms. The van der Waals surface area contributed by atoms with Crippen molar-refractivity contribution in [1.29, 1.82) is 0 Å². The molecule has 2 aromatic rings. The van der Waals surface area contributed by atoms with Gasteiger partial charge in [0.2, 0.25) is 5.91 Å². The van der Waals surface area contributed by atoms with Gasteiger partial charge >= 0.3 is 0 Å². The van der Waals surface area contributed by atoms with Crippen LogP contribution in [0.3, 0.4) is 0 Å². The molecule has 3 rings (SSSR count). The molecule has 0 aromatic carbocycles. The van der Waals surface area contributed by atoms with Crippen LogP contribution >= 0.6 is 0 Å². The third kappa shape index (κ3) is 3.18. The maximum atomic E-state index is 10.9. The van der Waals surface area contributed by atoms with E-state index in [1.807, 2.05) is 0 Å². The van der Waals surface area contributed by atoms with Crippen molar-refractivity contribution >= 4 is 11.7 Å². The topological polar surface area (TPSA) is 86.8 Å². The van der Waals surface area contributed by atoms with Gasteiger partial charge in [0, 0.05) is 38.3 Å². The minimum absolute atomic E-state index is 0.0409. The summed E-state index contributed by atoms with van der Waals surface area (Å²) in [5.74, 6) is 2.20. The fourth-order valence-corrected chi connectivity index (χ4v) is 2.54. The summed E-state index contributed by atoms with van der Waals surface area (Å²) in [5.41, 5.74) is 0.929. The zero-order valence-corrected chi connectivity index (χ0v) is 11.9. The van der Waals surface area contributed by atoms with E-state index in [-0.39, 0.29) is 5.91 Å². The SMILES string of the molecule is CC(=O)NCc1cnc([C@H]2CCN(c3cnccn3)C2)[nH]1.